The van der Waals surface area contributed by atoms with Gasteiger partial charge >= 0.3 is 0 Å². The average molecular weight is 356 g/mol. The second-order valence-corrected chi connectivity index (χ2v) is 7.81. The van der Waals surface area contributed by atoms with E-state index in [1.807, 2.05) is 0 Å². The summed E-state index contributed by atoms with van der Waals surface area (Å²) in [5, 5.41) is 5.35. The molecule has 3 rings (SSSR count). The van der Waals surface area contributed by atoms with Gasteiger partial charge in [-0.05, 0) is 53.6 Å². The lowest BCUT2D eigenvalue weighted by Crippen LogP contribution is -2.12. The summed E-state index contributed by atoms with van der Waals surface area (Å²) in [6.07, 6.45) is 1.16. The van der Waals surface area contributed by atoms with Crippen LogP contribution in [0.1, 0.15) is 21.5 Å². The molecule has 0 bridgehead atoms. The van der Waals surface area contributed by atoms with Gasteiger partial charge in [0.05, 0.1) is 11.5 Å². The molecule has 0 unspecified atom stereocenters. The van der Waals surface area contributed by atoms with Gasteiger partial charge in [0.1, 0.15) is 0 Å². The van der Waals surface area contributed by atoms with E-state index < -0.39 is 9.84 Å². The molecule has 0 aromatic heterocycles. The largest absolute Gasteiger partial charge is 0.323 e. The van der Waals surface area contributed by atoms with E-state index in [1.165, 1.54) is 0 Å². The summed E-state index contributed by atoms with van der Waals surface area (Å²) in [5.74, 6) is -0.592. The standard InChI is InChI=1S/C18H16N2O4S/c1-2-17(21)19-15-6-3-12(4-7-15)18(22)20-16-8-5-13-10-25(23,24)11-14(13)9-16/h2-9H,1,10-11H2,(H,19,21)(H,20,22). The van der Waals surface area contributed by atoms with Crippen LogP contribution in [0.15, 0.2) is 55.1 Å². The number of amides is 2. The molecule has 6 nitrogen and oxygen atoms in total. The highest BCUT2D eigenvalue weighted by Gasteiger charge is 2.24. The molecule has 0 radical (unpaired) electrons. The van der Waals surface area contributed by atoms with Crippen LogP contribution in [-0.4, -0.2) is 20.2 Å². The minimum atomic E-state index is -3.07. The Morgan fingerprint density at radius 2 is 1.56 bits per heavy atom. The van der Waals surface area contributed by atoms with E-state index in [1.54, 1.807) is 42.5 Å². The first-order valence-corrected chi connectivity index (χ1v) is 9.35. The van der Waals surface area contributed by atoms with Crippen LogP contribution >= 0.6 is 0 Å². The molecule has 0 spiro atoms. The SMILES string of the molecule is C=CC(=O)Nc1ccc(C(=O)Nc2ccc3c(c2)CS(=O)(=O)C3)cc1. The minimum absolute atomic E-state index is 0.00371. The predicted octanol–water partition coefficient (Wildman–Crippen LogP) is 2.49. The van der Waals surface area contributed by atoms with E-state index in [9.17, 15) is 18.0 Å². The highest BCUT2D eigenvalue weighted by Crippen LogP contribution is 2.27. The van der Waals surface area contributed by atoms with Crippen molar-refractivity contribution < 1.29 is 18.0 Å². The van der Waals surface area contributed by atoms with E-state index >= 15 is 0 Å². The van der Waals surface area contributed by atoms with Crippen LogP contribution in [0.5, 0.6) is 0 Å². The molecule has 1 heterocycles. The van der Waals surface area contributed by atoms with Gasteiger partial charge in [-0.1, -0.05) is 12.6 Å². The Morgan fingerprint density at radius 1 is 0.920 bits per heavy atom. The Balaban J connectivity index is 1.71. The summed E-state index contributed by atoms with van der Waals surface area (Å²) < 4.78 is 23.3. The normalized spacial score (nSPS) is 14.4. The third kappa shape index (κ3) is 3.95. The highest BCUT2D eigenvalue weighted by molar-refractivity contribution is 7.90. The Bertz CT molecular complexity index is 963. The number of fused-ring (bicyclic) bond motifs is 1. The maximum Gasteiger partial charge on any atom is 0.255 e. The quantitative estimate of drug-likeness (QED) is 0.823. The number of rotatable bonds is 4. The van der Waals surface area contributed by atoms with Gasteiger partial charge in [0.2, 0.25) is 5.91 Å². The maximum atomic E-state index is 12.3. The number of carbonyl (C=O) groups is 2. The number of hydrogen-bond donors (Lipinski definition) is 2. The first-order valence-electron chi connectivity index (χ1n) is 7.53. The van der Waals surface area contributed by atoms with Crippen molar-refractivity contribution in [2.75, 3.05) is 10.6 Å². The molecule has 25 heavy (non-hydrogen) atoms. The third-order valence-corrected chi connectivity index (χ3v) is 5.32. The molecule has 0 atom stereocenters. The number of hydrogen-bond acceptors (Lipinski definition) is 4. The van der Waals surface area contributed by atoms with E-state index in [4.69, 9.17) is 0 Å². The van der Waals surface area contributed by atoms with Gasteiger partial charge in [-0.2, -0.15) is 0 Å². The molecule has 0 saturated carbocycles. The molecule has 0 fully saturated rings. The molecule has 128 valence electrons. The van der Waals surface area contributed by atoms with Crippen molar-refractivity contribution in [2.45, 2.75) is 11.5 Å². The van der Waals surface area contributed by atoms with Crippen LogP contribution in [-0.2, 0) is 26.1 Å². The molecule has 2 amide bonds. The monoisotopic (exact) mass is 356 g/mol. The summed E-state index contributed by atoms with van der Waals surface area (Å²) in [5.41, 5.74) is 3.03. The van der Waals surface area contributed by atoms with Crippen LogP contribution in [0.2, 0.25) is 0 Å². The second kappa shape index (κ2) is 6.52. The number of benzene rings is 2. The summed E-state index contributed by atoms with van der Waals surface area (Å²) in [6, 6.07) is 11.5. The van der Waals surface area contributed by atoms with Crippen LogP contribution < -0.4 is 10.6 Å². The van der Waals surface area contributed by atoms with Gasteiger partial charge in [-0.15, -0.1) is 0 Å². The maximum absolute atomic E-state index is 12.3. The van der Waals surface area contributed by atoms with Gasteiger partial charge in [0.15, 0.2) is 9.84 Å². The molecule has 0 aliphatic carbocycles. The highest BCUT2D eigenvalue weighted by atomic mass is 32.2. The van der Waals surface area contributed by atoms with Crippen molar-refractivity contribution >= 4 is 33.0 Å². The Morgan fingerprint density at radius 3 is 2.24 bits per heavy atom. The number of carbonyl (C=O) groups excluding carboxylic acids is 2. The van der Waals surface area contributed by atoms with Gasteiger partial charge in [0, 0.05) is 16.9 Å². The Kier molecular flexibility index (Phi) is 4.41. The van der Waals surface area contributed by atoms with Crippen molar-refractivity contribution in [3.05, 3.63) is 71.8 Å². The first kappa shape index (κ1) is 16.9. The zero-order valence-corrected chi connectivity index (χ0v) is 14.1. The lowest BCUT2D eigenvalue weighted by Gasteiger charge is -2.08. The van der Waals surface area contributed by atoms with E-state index in [2.05, 4.69) is 17.2 Å². The molecule has 2 aromatic rings. The van der Waals surface area contributed by atoms with Crippen molar-refractivity contribution in [1.29, 1.82) is 0 Å². The first-order chi connectivity index (χ1) is 11.9. The van der Waals surface area contributed by atoms with Crippen molar-refractivity contribution in [3.8, 4) is 0 Å². The van der Waals surface area contributed by atoms with Crippen LogP contribution in [0.4, 0.5) is 11.4 Å². The molecule has 2 N–H and O–H groups in total. The fourth-order valence-electron chi connectivity index (χ4n) is 2.61. The number of anilines is 2. The second-order valence-electron chi connectivity index (χ2n) is 5.74. The summed E-state index contributed by atoms with van der Waals surface area (Å²) >= 11 is 0. The predicted molar refractivity (Wildman–Crippen MR) is 96.0 cm³/mol. The van der Waals surface area contributed by atoms with E-state index in [0.29, 0.717) is 16.9 Å². The van der Waals surface area contributed by atoms with Crippen LogP contribution in [0.3, 0.4) is 0 Å². The molecular weight excluding hydrogens is 340 g/mol. The summed E-state index contributed by atoms with van der Waals surface area (Å²) in [6.45, 7) is 3.37. The van der Waals surface area contributed by atoms with Crippen LogP contribution in [0.25, 0.3) is 0 Å². The van der Waals surface area contributed by atoms with Gasteiger partial charge in [-0.3, -0.25) is 9.59 Å². The lowest BCUT2D eigenvalue weighted by atomic mass is 10.1. The topological polar surface area (TPSA) is 92.3 Å². The Labute approximate surface area is 145 Å². The average Bonchev–Trinajstić information content (AvgIpc) is 2.88. The van der Waals surface area contributed by atoms with Crippen molar-refractivity contribution in [2.24, 2.45) is 0 Å². The summed E-state index contributed by atoms with van der Waals surface area (Å²) in [7, 11) is -3.07. The van der Waals surface area contributed by atoms with Gasteiger partial charge in [-0.25, -0.2) is 8.42 Å². The molecule has 1 aliphatic heterocycles. The molecule has 2 aromatic carbocycles. The van der Waals surface area contributed by atoms with E-state index in [0.717, 1.165) is 17.2 Å². The smallest absolute Gasteiger partial charge is 0.255 e. The molecule has 1 aliphatic rings. The minimum Gasteiger partial charge on any atom is -0.323 e. The van der Waals surface area contributed by atoms with Gasteiger partial charge < -0.3 is 10.6 Å². The van der Waals surface area contributed by atoms with Gasteiger partial charge in [0.25, 0.3) is 5.91 Å². The molecule has 7 heteroatoms. The summed E-state index contributed by atoms with van der Waals surface area (Å²) in [4.78, 5) is 23.5. The van der Waals surface area contributed by atoms with E-state index in [-0.39, 0.29) is 23.3 Å². The fourth-order valence-corrected chi connectivity index (χ4v) is 4.21. The third-order valence-electron chi connectivity index (χ3n) is 3.81. The zero-order chi connectivity index (χ0) is 18.0. The lowest BCUT2D eigenvalue weighted by molar-refractivity contribution is -0.111. The van der Waals surface area contributed by atoms with Crippen molar-refractivity contribution in [1.82, 2.24) is 0 Å². The number of sulfone groups is 1. The molecule has 0 saturated heterocycles. The fraction of sp³-hybridized carbons (Fsp3) is 0.111. The van der Waals surface area contributed by atoms with Crippen molar-refractivity contribution in [3.63, 3.8) is 0 Å². The van der Waals surface area contributed by atoms with Crippen LogP contribution in [0, 0.1) is 0 Å². The zero-order valence-electron chi connectivity index (χ0n) is 13.3. The number of nitrogens with one attached hydrogen (secondary N) is 2. The molecular formula is C18H16N2O4S. The Hall–Kier alpha value is -2.93.